The Labute approximate surface area is 203 Å². The van der Waals surface area contributed by atoms with Crippen molar-refractivity contribution in [3.05, 3.63) is 60.0 Å². The third kappa shape index (κ3) is 6.96. The Morgan fingerprint density at radius 2 is 1.61 bits per heavy atom. The Balaban J connectivity index is 1.29. The number of nitrogens with zero attached hydrogens (tertiary/aromatic N) is 2. The Hall–Kier alpha value is -4.09. The zero-order valence-electron chi connectivity index (χ0n) is 18.9. The highest BCUT2D eigenvalue weighted by atomic mass is 19.4. The summed E-state index contributed by atoms with van der Waals surface area (Å²) in [5, 5.41) is 21.7. The number of benzene rings is 2. The number of nitrogens with one attached hydrogen (secondary N) is 2. The van der Waals surface area contributed by atoms with E-state index in [1.165, 1.54) is 12.1 Å². The molecule has 1 saturated carbocycles. The number of anilines is 3. The van der Waals surface area contributed by atoms with Crippen molar-refractivity contribution in [3.8, 4) is 5.75 Å². The van der Waals surface area contributed by atoms with E-state index in [2.05, 4.69) is 25.6 Å². The molecule has 1 aliphatic rings. The zero-order valence-corrected chi connectivity index (χ0v) is 18.9. The summed E-state index contributed by atoms with van der Waals surface area (Å²) in [6, 6.07) is 12.2. The van der Waals surface area contributed by atoms with Gasteiger partial charge in [0.15, 0.2) is 0 Å². The summed E-state index contributed by atoms with van der Waals surface area (Å²) >= 11 is 0. The molecule has 36 heavy (non-hydrogen) atoms. The molecule has 3 aromatic rings. The summed E-state index contributed by atoms with van der Waals surface area (Å²) in [4.78, 5) is 23.4. The van der Waals surface area contributed by atoms with E-state index in [4.69, 9.17) is 9.52 Å². The Bertz CT molecular complexity index is 1190. The fraction of sp³-hybridized carbons (Fsp3) is 0.333. The van der Waals surface area contributed by atoms with Gasteiger partial charge in [-0.05, 0) is 79.5 Å². The van der Waals surface area contributed by atoms with Crippen LogP contribution >= 0.6 is 0 Å². The largest absolute Gasteiger partial charge is 0.573 e. The van der Waals surface area contributed by atoms with Crippen molar-refractivity contribution in [2.75, 3.05) is 10.6 Å². The summed E-state index contributed by atoms with van der Waals surface area (Å²) in [5.74, 6) is -1.46. The molecule has 4 rings (SSSR count). The Kier molecular flexibility index (Phi) is 7.41. The lowest BCUT2D eigenvalue weighted by Crippen LogP contribution is -2.16. The van der Waals surface area contributed by atoms with E-state index in [0.29, 0.717) is 17.3 Å². The molecule has 1 aromatic heterocycles. The topological polar surface area (TPSA) is 127 Å². The second-order valence-corrected chi connectivity index (χ2v) is 8.50. The van der Waals surface area contributed by atoms with Gasteiger partial charge >= 0.3 is 30.1 Å². The number of amides is 1. The van der Waals surface area contributed by atoms with Gasteiger partial charge in [0.05, 0.1) is 0 Å². The molecule has 0 bridgehead atoms. The first kappa shape index (κ1) is 25.0. The molecule has 1 heterocycles. The number of rotatable bonds is 8. The minimum atomic E-state index is -4.78. The van der Waals surface area contributed by atoms with Gasteiger partial charge in [0.25, 0.3) is 0 Å². The van der Waals surface area contributed by atoms with Crippen LogP contribution in [0.25, 0.3) is 0 Å². The normalized spacial score (nSPS) is 17.9. The fourth-order valence-corrected chi connectivity index (χ4v) is 4.20. The van der Waals surface area contributed by atoms with Crippen molar-refractivity contribution in [2.45, 2.75) is 44.4 Å². The maximum atomic E-state index is 12.5. The van der Waals surface area contributed by atoms with Crippen LogP contribution in [0.4, 0.5) is 30.6 Å². The van der Waals surface area contributed by atoms with Gasteiger partial charge in [0.2, 0.25) is 0 Å². The van der Waals surface area contributed by atoms with Gasteiger partial charge in [-0.1, -0.05) is 17.2 Å². The molecule has 1 amide bonds. The molecule has 0 atom stereocenters. The summed E-state index contributed by atoms with van der Waals surface area (Å²) in [6.07, 6.45) is -0.942. The van der Waals surface area contributed by atoms with Crippen LogP contribution in [0.3, 0.4) is 0 Å². The second kappa shape index (κ2) is 10.7. The van der Waals surface area contributed by atoms with E-state index < -0.39 is 18.2 Å². The monoisotopic (exact) mass is 504 g/mol. The number of aromatic nitrogens is 2. The van der Waals surface area contributed by atoms with Crippen LogP contribution in [0, 0.1) is 5.92 Å². The van der Waals surface area contributed by atoms with Crippen molar-refractivity contribution in [1.29, 1.82) is 0 Å². The van der Waals surface area contributed by atoms with Gasteiger partial charge in [-0.15, -0.1) is 18.3 Å². The quantitative estimate of drug-likeness (QED) is 0.356. The van der Waals surface area contributed by atoms with Gasteiger partial charge in [0, 0.05) is 17.8 Å². The Morgan fingerprint density at radius 1 is 0.972 bits per heavy atom. The zero-order chi connectivity index (χ0) is 25.7. The summed E-state index contributed by atoms with van der Waals surface area (Å²) in [5.41, 5.74) is 2.03. The highest BCUT2D eigenvalue weighted by Crippen LogP contribution is 2.37. The predicted octanol–water partition coefficient (Wildman–Crippen LogP) is 5.71. The minimum Gasteiger partial charge on any atom is -0.481 e. The molecular formula is C24H23F3N4O5. The van der Waals surface area contributed by atoms with E-state index in [1.54, 1.807) is 12.1 Å². The van der Waals surface area contributed by atoms with Gasteiger partial charge < -0.3 is 24.9 Å². The van der Waals surface area contributed by atoms with Crippen LogP contribution in [-0.2, 0) is 4.79 Å². The van der Waals surface area contributed by atoms with E-state index in [0.717, 1.165) is 43.4 Å². The molecule has 0 radical (unpaired) electrons. The van der Waals surface area contributed by atoms with Crippen LogP contribution in [-0.4, -0.2) is 33.5 Å². The number of alkyl halides is 3. The number of halogens is 3. The van der Waals surface area contributed by atoms with Crippen molar-refractivity contribution < 1.29 is 37.0 Å². The van der Waals surface area contributed by atoms with Crippen molar-refractivity contribution >= 4 is 29.3 Å². The van der Waals surface area contributed by atoms with Gasteiger partial charge in [-0.2, -0.15) is 0 Å². The van der Waals surface area contributed by atoms with E-state index in [9.17, 15) is 22.8 Å². The van der Waals surface area contributed by atoms with Crippen LogP contribution in [0.5, 0.6) is 5.75 Å². The SMILES string of the molecule is O=C(O)C[C@H]1CC[C@H](c2ccc(NC(=O)c3nnc(Nc4ccc(OC(F)(F)F)cc4)o3)cc2)CC1. The molecule has 1 aliphatic carbocycles. The highest BCUT2D eigenvalue weighted by Gasteiger charge is 2.31. The highest BCUT2D eigenvalue weighted by molar-refractivity contribution is 6.00. The lowest BCUT2D eigenvalue weighted by molar-refractivity contribution is -0.274. The van der Waals surface area contributed by atoms with Crippen LogP contribution in [0.1, 0.15) is 54.3 Å². The van der Waals surface area contributed by atoms with Crippen LogP contribution in [0.2, 0.25) is 0 Å². The number of carboxylic acid groups (broad SMARTS) is 1. The molecule has 190 valence electrons. The molecular weight excluding hydrogens is 481 g/mol. The fourth-order valence-electron chi connectivity index (χ4n) is 4.20. The number of aliphatic carboxylic acids is 1. The maximum absolute atomic E-state index is 12.5. The third-order valence-corrected chi connectivity index (χ3v) is 5.91. The second-order valence-electron chi connectivity index (χ2n) is 8.50. The molecule has 2 aromatic carbocycles. The molecule has 0 saturated heterocycles. The van der Waals surface area contributed by atoms with Gasteiger partial charge in [-0.3, -0.25) is 9.59 Å². The summed E-state index contributed by atoms with van der Waals surface area (Å²) in [7, 11) is 0. The number of hydrogen-bond acceptors (Lipinski definition) is 7. The molecule has 0 spiro atoms. The molecule has 0 unspecified atom stereocenters. The third-order valence-electron chi connectivity index (χ3n) is 5.91. The lowest BCUT2D eigenvalue weighted by Gasteiger charge is -2.28. The molecule has 0 aliphatic heterocycles. The molecule has 1 fully saturated rings. The molecule has 3 N–H and O–H groups in total. The van der Waals surface area contributed by atoms with Crippen molar-refractivity contribution in [2.24, 2.45) is 5.92 Å². The first-order chi connectivity index (χ1) is 17.1. The average molecular weight is 504 g/mol. The smallest absolute Gasteiger partial charge is 0.481 e. The lowest BCUT2D eigenvalue weighted by atomic mass is 9.77. The number of hydrogen-bond donors (Lipinski definition) is 3. The van der Waals surface area contributed by atoms with E-state index in [1.807, 2.05) is 12.1 Å². The summed E-state index contributed by atoms with van der Waals surface area (Å²) < 4.78 is 45.8. The van der Waals surface area contributed by atoms with Crippen molar-refractivity contribution in [3.63, 3.8) is 0 Å². The number of ether oxygens (including phenoxy) is 1. The van der Waals surface area contributed by atoms with Crippen LogP contribution < -0.4 is 15.4 Å². The molecule has 9 nitrogen and oxygen atoms in total. The molecule has 12 heteroatoms. The summed E-state index contributed by atoms with van der Waals surface area (Å²) in [6.45, 7) is 0. The standard InChI is InChI=1S/C24H23F3N4O5/c25-24(26,27)36-19-11-9-18(10-12-19)29-23-31-30-22(35-23)21(34)28-17-7-5-16(6-8-17)15-3-1-14(2-4-15)13-20(32)33/h5-12,14-15H,1-4,13H2,(H,28,34)(H,29,31)(H,32,33)/t14-,15-. The van der Waals surface area contributed by atoms with E-state index >= 15 is 0 Å². The van der Waals surface area contributed by atoms with Gasteiger partial charge in [0.1, 0.15) is 5.75 Å². The van der Waals surface area contributed by atoms with Crippen molar-refractivity contribution in [1.82, 2.24) is 10.2 Å². The Morgan fingerprint density at radius 3 is 2.22 bits per heavy atom. The average Bonchev–Trinajstić information content (AvgIpc) is 3.29. The minimum absolute atomic E-state index is 0.113. The van der Waals surface area contributed by atoms with Crippen LogP contribution in [0.15, 0.2) is 52.9 Å². The maximum Gasteiger partial charge on any atom is 0.573 e. The van der Waals surface area contributed by atoms with Gasteiger partial charge in [-0.25, -0.2) is 0 Å². The number of carbonyl (C=O) groups excluding carboxylic acids is 1. The van der Waals surface area contributed by atoms with E-state index in [-0.39, 0.29) is 30.0 Å². The predicted molar refractivity (Wildman–Crippen MR) is 122 cm³/mol. The first-order valence-corrected chi connectivity index (χ1v) is 11.2. The number of carboxylic acids is 1. The number of carbonyl (C=O) groups is 2. The first-order valence-electron chi connectivity index (χ1n) is 11.2.